The Morgan fingerprint density at radius 1 is 1.07 bits per heavy atom. The van der Waals surface area contributed by atoms with Gasteiger partial charge in [-0.15, -0.1) is 0 Å². The van der Waals surface area contributed by atoms with Gasteiger partial charge in [-0.1, -0.05) is 11.6 Å². The number of hydrogen-bond acceptors (Lipinski definition) is 5. The largest absolute Gasteiger partial charge is 0.506 e. The van der Waals surface area contributed by atoms with Gasteiger partial charge in [-0.3, -0.25) is 4.79 Å². The van der Waals surface area contributed by atoms with Crippen molar-refractivity contribution in [3.05, 3.63) is 53.1 Å². The predicted octanol–water partition coefficient (Wildman–Crippen LogP) is 2.20. The zero-order valence-corrected chi connectivity index (χ0v) is 16.2. The number of benzene rings is 2. The topological polar surface area (TPSA) is 87.2 Å². The molecule has 0 atom stereocenters. The van der Waals surface area contributed by atoms with Gasteiger partial charge in [0.2, 0.25) is 10.0 Å². The normalized spacial score (nSPS) is 15.6. The first-order chi connectivity index (χ1) is 12.8. The molecule has 0 radical (unpaired) electrons. The van der Waals surface area contributed by atoms with Crippen molar-refractivity contribution in [3.63, 3.8) is 0 Å². The summed E-state index contributed by atoms with van der Waals surface area (Å²) < 4.78 is 31.9. The number of carbonyl (C=O) groups excluding carboxylic acids is 1. The minimum Gasteiger partial charge on any atom is -0.506 e. The number of phenolic OH excluding ortho intramolecular Hbond substituents is 1. The van der Waals surface area contributed by atoms with Crippen LogP contribution in [0.2, 0.25) is 5.02 Å². The van der Waals surface area contributed by atoms with Gasteiger partial charge < -0.3 is 14.7 Å². The van der Waals surface area contributed by atoms with Gasteiger partial charge >= 0.3 is 0 Å². The zero-order valence-electron chi connectivity index (χ0n) is 14.6. The molecular weight excluding hydrogens is 392 g/mol. The lowest BCUT2D eigenvalue weighted by atomic mass is 10.2. The Labute approximate surface area is 162 Å². The van der Waals surface area contributed by atoms with E-state index in [1.807, 2.05) is 0 Å². The first-order valence-corrected chi connectivity index (χ1v) is 10.1. The molecule has 1 saturated heterocycles. The van der Waals surface area contributed by atoms with E-state index in [1.165, 1.54) is 41.7 Å². The summed E-state index contributed by atoms with van der Waals surface area (Å²) in [5.74, 6) is 0.235. The van der Waals surface area contributed by atoms with Crippen LogP contribution in [-0.2, 0) is 10.0 Å². The second kappa shape index (κ2) is 7.75. The Morgan fingerprint density at radius 3 is 2.26 bits per heavy atom. The molecule has 0 spiro atoms. The average molecular weight is 411 g/mol. The van der Waals surface area contributed by atoms with Gasteiger partial charge in [-0.05, 0) is 42.5 Å². The van der Waals surface area contributed by atoms with Crippen LogP contribution in [0.4, 0.5) is 0 Å². The van der Waals surface area contributed by atoms with Crippen LogP contribution < -0.4 is 4.74 Å². The number of phenols is 1. The molecule has 9 heteroatoms. The van der Waals surface area contributed by atoms with Crippen molar-refractivity contribution in [2.75, 3.05) is 33.3 Å². The Morgan fingerprint density at radius 2 is 1.70 bits per heavy atom. The molecule has 2 aromatic rings. The Bertz CT molecular complexity index is 939. The molecule has 2 aromatic carbocycles. The highest BCUT2D eigenvalue weighted by atomic mass is 35.5. The summed E-state index contributed by atoms with van der Waals surface area (Å²) in [6.45, 7) is 0.942. The first-order valence-electron chi connectivity index (χ1n) is 8.25. The van der Waals surface area contributed by atoms with Crippen LogP contribution in [-0.4, -0.2) is 61.9 Å². The first kappa shape index (κ1) is 19.5. The van der Waals surface area contributed by atoms with Gasteiger partial charge in [-0.2, -0.15) is 4.31 Å². The third-order valence-electron chi connectivity index (χ3n) is 4.42. The molecule has 0 aromatic heterocycles. The summed E-state index contributed by atoms with van der Waals surface area (Å²) in [6.07, 6.45) is 0. The lowest BCUT2D eigenvalue weighted by molar-refractivity contribution is 0.0698. The Kier molecular flexibility index (Phi) is 5.59. The fourth-order valence-corrected chi connectivity index (χ4v) is 4.45. The number of nitrogens with zero attached hydrogens (tertiary/aromatic N) is 2. The van der Waals surface area contributed by atoms with E-state index in [1.54, 1.807) is 17.0 Å². The van der Waals surface area contributed by atoms with Crippen LogP contribution in [0.1, 0.15) is 10.4 Å². The number of hydrogen-bond donors (Lipinski definition) is 1. The molecule has 0 bridgehead atoms. The number of methoxy groups -OCH3 is 1. The summed E-state index contributed by atoms with van der Waals surface area (Å²) in [5, 5.41) is 9.56. The van der Waals surface area contributed by atoms with Crippen molar-refractivity contribution in [3.8, 4) is 11.5 Å². The van der Waals surface area contributed by atoms with E-state index in [2.05, 4.69) is 0 Å². The van der Waals surface area contributed by atoms with E-state index < -0.39 is 10.0 Å². The highest BCUT2D eigenvalue weighted by molar-refractivity contribution is 7.89. The monoisotopic (exact) mass is 410 g/mol. The molecule has 1 N–H and O–H groups in total. The number of rotatable bonds is 4. The van der Waals surface area contributed by atoms with Crippen molar-refractivity contribution in [2.45, 2.75) is 4.90 Å². The number of aromatic hydroxyl groups is 1. The molecule has 27 heavy (non-hydrogen) atoms. The van der Waals surface area contributed by atoms with Gasteiger partial charge in [0.05, 0.1) is 17.0 Å². The van der Waals surface area contributed by atoms with E-state index in [-0.39, 0.29) is 47.8 Å². The standard InChI is InChI=1S/C18H19ClN2O5S/c1-26-14-3-5-15(6-4-14)27(24,25)21-10-8-20(9-11-21)18(23)13-2-7-17(22)16(19)12-13/h2-7,12,22H,8-11H2,1H3. The van der Waals surface area contributed by atoms with E-state index in [4.69, 9.17) is 16.3 Å². The lowest BCUT2D eigenvalue weighted by Crippen LogP contribution is -2.50. The molecule has 0 aliphatic carbocycles. The van der Waals surface area contributed by atoms with Gasteiger partial charge in [-0.25, -0.2) is 8.42 Å². The molecule has 0 unspecified atom stereocenters. The van der Waals surface area contributed by atoms with Crippen molar-refractivity contribution in [2.24, 2.45) is 0 Å². The third kappa shape index (κ3) is 4.02. The van der Waals surface area contributed by atoms with Gasteiger partial charge in [0.1, 0.15) is 11.5 Å². The fraction of sp³-hybridized carbons (Fsp3) is 0.278. The highest BCUT2D eigenvalue weighted by Crippen LogP contribution is 2.25. The summed E-state index contributed by atoms with van der Waals surface area (Å²) in [5.41, 5.74) is 0.351. The predicted molar refractivity (Wildman–Crippen MR) is 101 cm³/mol. The minimum absolute atomic E-state index is 0.0939. The summed E-state index contributed by atoms with van der Waals surface area (Å²) in [6, 6.07) is 10.5. The second-order valence-corrected chi connectivity index (χ2v) is 8.38. The maximum atomic E-state index is 12.8. The van der Waals surface area contributed by atoms with Crippen LogP contribution >= 0.6 is 11.6 Å². The molecule has 7 nitrogen and oxygen atoms in total. The minimum atomic E-state index is -3.63. The Hall–Kier alpha value is -2.29. The molecule has 1 aliphatic heterocycles. The van der Waals surface area contributed by atoms with Crippen molar-refractivity contribution in [1.29, 1.82) is 0 Å². The summed E-state index contributed by atoms with van der Waals surface area (Å²) >= 11 is 5.85. The van der Waals surface area contributed by atoms with Gasteiger partial charge in [0, 0.05) is 31.7 Å². The van der Waals surface area contributed by atoms with Gasteiger partial charge in [0.15, 0.2) is 0 Å². The van der Waals surface area contributed by atoms with Crippen LogP contribution in [0, 0.1) is 0 Å². The molecule has 144 valence electrons. The number of amides is 1. The number of piperazine rings is 1. The molecule has 0 saturated carbocycles. The fourth-order valence-electron chi connectivity index (χ4n) is 2.85. The van der Waals surface area contributed by atoms with Crippen LogP contribution in [0.25, 0.3) is 0 Å². The smallest absolute Gasteiger partial charge is 0.253 e. The van der Waals surface area contributed by atoms with Crippen LogP contribution in [0.3, 0.4) is 0 Å². The lowest BCUT2D eigenvalue weighted by Gasteiger charge is -2.34. The van der Waals surface area contributed by atoms with Crippen molar-refractivity contribution >= 4 is 27.5 Å². The molecule has 3 rings (SSSR count). The summed E-state index contributed by atoms with van der Waals surface area (Å²) in [4.78, 5) is 14.3. The van der Waals surface area contributed by atoms with E-state index >= 15 is 0 Å². The quantitative estimate of drug-likeness (QED) is 0.834. The molecule has 1 heterocycles. The summed E-state index contributed by atoms with van der Waals surface area (Å²) in [7, 11) is -2.11. The van der Waals surface area contributed by atoms with E-state index in [0.29, 0.717) is 11.3 Å². The number of sulfonamides is 1. The highest BCUT2D eigenvalue weighted by Gasteiger charge is 2.30. The van der Waals surface area contributed by atoms with Crippen LogP contribution in [0.5, 0.6) is 11.5 Å². The number of halogens is 1. The number of ether oxygens (including phenoxy) is 1. The maximum Gasteiger partial charge on any atom is 0.253 e. The average Bonchev–Trinajstić information content (AvgIpc) is 2.69. The zero-order chi connectivity index (χ0) is 19.6. The second-order valence-electron chi connectivity index (χ2n) is 6.04. The van der Waals surface area contributed by atoms with Crippen molar-refractivity contribution in [1.82, 2.24) is 9.21 Å². The van der Waals surface area contributed by atoms with E-state index in [9.17, 15) is 18.3 Å². The molecule has 1 fully saturated rings. The Balaban J connectivity index is 1.68. The van der Waals surface area contributed by atoms with Gasteiger partial charge in [0.25, 0.3) is 5.91 Å². The SMILES string of the molecule is COc1ccc(S(=O)(=O)N2CCN(C(=O)c3ccc(O)c(Cl)c3)CC2)cc1. The number of carbonyl (C=O) groups is 1. The molecule has 1 amide bonds. The van der Waals surface area contributed by atoms with E-state index in [0.717, 1.165) is 0 Å². The molecule has 1 aliphatic rings. The third-order valence-corrected chi connectivity index (χ3v) is 6.63. The maximum absolute atomic E-state index is 12.8. The van der Waals surface area contributed by atoms with Crippen LogP contribution in [0.15, 0.2) is 47.4 Å². The molecular formula is C18H19ClN2O5S. The van der Waals surface area contributed by atoms with Crippen molar-refractivity contribution < 1.29 is 23.1 Å².